The SMILES string of the molecule is Cl.Nc1ccc(-c2ccc(C=O)cc2)cc1. The molecule has 2 N–H and O–H groups in total. The molecule has 0 aliphatic carbocycles. The Morgan fingerprint density at radius 3 is 1.69 bits per heavy atom. The number of hydrogen-bond acceptors (Lipinski definition) is 2. The normalized spacial score (nSPS) is 9.25. The van der Waals surface area contributed by atoms with Crippen LogP contribution in [0.5, 0.6) is 0 Å². The van der Waals surface area contributed by atoms with Crippen molar-refractivity contribution in [2.75, 3.05) is 5.73 Å². The summed E-state index contributed by atoms with van der Waals surface area (Å²) in [6, 6.07) is 15.1. The van der Waals surface area contributed by atoms with Gasteiger partial charge in [-0.15, -0.1) is 12.4 Å². The van der Waals surface area contributed by atoms with Crippen molar-refractivity contribution in [3.8, 4) is 11.1 Å². The minimum absolute atomic E-state index is 0. The molecular weight excluding hydrogens is 222 g/mol. The molecule has 0 spiro atoms. The number of carbonyl (C=O) groups is 1. The lowest BCUT2D eigenvalue weighted by molar-refractivity contribution is 0.112. The lowest BCUT2D eigenvalue weighted by atomic mass is 10.0. The van der Waals surface area contributed by atoms with Gasteiger partial charge in [0.15, 0.2) is 0 Å². The molecule has 0 heterocycles. The first-order valence-corrected chi connectivity index (χ1v) is 4.71. The lowest BCUT2D eigenvalue weighted by Gasteiger charge is -2.02. The van der Waals surface area contributed by atoms with Gasteiger partial charge in [0.25, 0.3) is 0 Å². The molecule has 2 rings (SSSR count). The summed E-state index contributed by atoms with van der Waals surface area (Å²) in [7, 11) is 0. The quantitative estimate of drug-likeness (QED) is 0.640. The lowest BCUT2D eigenvalue weighted by Crippen LogP contribution is -1.84. The van der Waals surface area contributed by atoms with Crippen molar-refractivity contribution < 1.29 is 4.79 Å². The van der Waals surface area contributed by atoms with Gasteiger partial charge in [0, 0.05) is 11.3 Å². The largest absolute Gasteiger partial charge is 0.399 e. The molecule has 0 atom stereocenters. The number of nitrogens with two attached hydrogens (primary N) is 1. The van der Waals surface area contributed by atoms with Gasteiger partial charge in [-0.05, 0) is 23.3 Å². The van der Waals surface area contributed by atoms with Crippen LogP contribution in [0.15, 0.2) is 48.5 Å². The topological polar surface area (TPSA) is 43.1 Å². The molecule has 2 nitrogen and oxygen atoms in total. The number of aldehydes is 1. The highest BCUT2D eigenvalue weighted by Gasteiger charge is 1.97. The van der Waals surface area contributed by atoms with E-state index in [1.807, 2.05) is 36.4 Å². The zero-order valence-electron chi connectivity index (χ0n) is 8.59. The average Bonchev–Trinajstić information content (AvgIpc) is 2.30. The van der Waals surface area contributed by atoms with Crippen LogP contribution in [-0.2, 0) is 0 Å². The summed E-state index contributed by atoms with van der Waals surface area (Å²) < 4.78 is 0. The molecule has 0 aliphatic rings. The molecule has 0 unspecified atom stereocenters. The van der Waals surface area contributed by atoms with E-state index in [0.29, 0.717) is 5.56 Å². The maximum absolute atomic E-state index is 10.5. The van der Waals surface area contributed by atoms with E-state index in [0.717, 1.165) is 23.1 Å². The van der Waals surface area contributed by atoms with E-state index in [4.69, 9.17) is 5.73 Å². The van der Waals surface area contributed by atoms with E-state index in [9.17, 15) is 4.79 Å². The number of rotatable bonds is 2. The Labute approximate surface area is 101 Å². The van der Waals surface area contributed by atoms with Crippen molar-refractivity contribution in [1.29, 1.82) is 0 Å². The van der Waals surface area contributed by atoms with Gasteiger partial charge in [-0.1, -0.05) is 36.4 Å². The van der Waals surface area contributed by atoms with E-state index in [-0.39, 0.29) is 12.4 Å². The summed E-state index contributed by atoms with van der Waals surface area (Å²) in [5.74, 6) is 0. The van der Waals surface area contributed by atoms with E-state index in [1.54, 1.807) is 12.1 Å². The summed E-state index contributed by atoms with van der Waals surface area (Å²) in [5, 5.41) is 0. The second-order valence-electron chi connectivity index (χ2n) is 3.36. The molecule has 0 bridgehead atoms. The number of nitrogen functional groups attached to an aromatic ring is 1. The third kappa shape index (κ3) is 2.61. The third-order valence-electron chi connectivity index (χ3n) is 2.29. The van der Waals surface area contributed by atoms with E-state index < -0.39 is 0 Å². The fourth-order valence-electron chi connectivity index (χ4n) is 1.43. The maximum Gasteiger partial charge on any atom is 0.150 e. The first kappa shape index (κ1) is 12.3. The molecule has 0 aliphatic heterocycles. The summed E-state index contributed by atoms with van der Waals surface area (Å²) in [6.07, 6.45) is 0.840. The molecule has 0 saturated carbocycles. The maximum atomic E-state index is 10.5. The van der Waals surface area contributed by atoms with Gasteiger partial charge in [-0.3, -0.25) is 4.79 Å². The van der Waals surface area contributed by atoms with Gasteiger partial charge >= 0.3 is 0 Å². The van der Waals surface area contributed by atoms with Gasteiger partial charge in [-0.2, -0.15) is 0 Å². The molecule has 0 amide bonds. The van der Waals surface area contributed by atoms with Gasteiger partial charge in [0.05, 0.1) is 0 Å². The van der Waals surface area contributed by atoms with Gasteiger partial charge in [0.2, 0.25) is 0 Å². The van der Waals surface area contributed by atoms with Crippen LogP contribution in [-0.4, -0.2) is 6.29 Å². The van der Waals surface area contributed by atoms with Crippen molar-refractivity contribution >= 4 is 24.4 Å². The predicted molar refractivity (Wildman–Crippen MR) is 68.9 cm³/mol. The van der Waals surface area contributed by atoms with Crippen LogP contribution in [0, 0.1) is 0 Å². The second-order valence-corrected chi connectivity index (χ2v) is 3.36. The minimum Gasteiger partial charge on any atom is -0.399 e. The van der Waals surface area contributed by atoms with Crippen LogP contribution < -0.4 is 5.73 Å². The third-order valence-corrected chi connectivity index (χ3v) is 2.29. The summed E-state index contributed by atoms with van der Waals surface area (Å²) in [4.78, 5) is 10.5. The standard InChI is InChI=1S/C13H11NO.ClH/c14-13-7-5-12(6-8-13)11-3-1-10(9-15)2-4-11;/h1-9H,14H2;1H. The number of anilines is 1. The summed E-state index contributed by atoms with van der Waals surface area (Å²) >= 11 is 0. The van der Waals surface area contributed by atoms with E-state index >= 15 is 0 Å². The monoisotopic (exact) mass is 233 g/mol. The first-order valence-electron chi connectivity index (χ1n) is 4.71. The Hall–Kier alpha value is -1.80. The highest BCUT2D eigenvalue weighted by molar-refractivity contribution is 5.85. The van der Waals surface area contributed by atoms with Crippen LogP contribution >= 0.6 is 12.4 Å². The Kier molecular flexibility index (Phi) is 4.09. The molecule has 0 radical (unpaired) electrons. The van der Waals surface area contributed by atoms with Crippen LogP contribution in [0.25, 0.3) is 11.1 Å². The molecule has 82 valence electrons. The average molecular weight is 234 g/mol. The molecular formula is C13H12ClNO. The van der Waals surface area contributed by atoms with Crippen molar-refractivity contribution in [1.82, 2.24) is 0 Å². The zero-order chi connectivity index (χ0) is 10.7. The number of carbonyl (C=O) groups excluding carboxylic acids is 1. The molecule has 3 heteroatoms. The van der Waals surface area contributed by atoms with Gasteiger partial charge < -0.3 is 5.73 Å². The molecule has 2 aromatic carbocycles. The van der Waals surface area contributed by atoms with Crippen molar-refractivity contribution in [2.45, 2.75) is 0 Å². The second kappa shape index (κ2) is 5.33. The summed E-state index contributed by atoms with van der Waals surface area (Å²) in [5.41, 5.74) is 9.23. The van der Waals surface area contributed by atoms with Crippen molar-refractivity contribution in [3.63, 3.8) is 0 Å². The van der Waals surface area contributed by atoms with Crippen LogP contribution in [0.1, 0.15) is 10.4 Å². The van der Waals surface area contributed by atoms with Crippen LogP contribution in [0.4, 0.5) is 5.69 Å². The molecule has 0 fully saturated rings. The molecule has 16 heavy (non-hydrogen) atoms. The molecule has 0 aromatic heterocycles. The van der Waals surface area contributed by atoms with Gasteiger partial charge in [0.1, 0.15) is 6.29 Å². The Balaban J connectivity index is 0.00000128. The van der Waals surface area contributed by atoms with Crippen molar-refractivity contribution in [2.24, 2.45) is 0 Å². The molecule has 2 aromatic rings. The smallest absolute Gasteiger partial charge is 0.150 e. The highest BCUT2D eigenvalue weighted by Crippen LogP contribution is 2.20. The van der Waals surface area contributed by atoms with Gasteiger partial charge in [-0.25, -0.2) is 0 Å². The number of benzene rings is 2. The van der Waals surface area contributed by atoms with E-state index in [2.05, 4.69) is 0 Å². The first-order chi connectivity index (χ1) is 7.29. The van der Waals surface area contributed by atoms with Crippen molar-refractivity contribution in [3.05, 3.63) is 54.1 Å². The van der Waals surface area contributed by atoms with E-state index in [1.165, 1.54) is 0 Å². The predicted octanol–water partition coefficient (Wildman–Crippen LogP) is 3.17. The Morgan fingerprint density at radius 2 is 1.25 bits per heavy atom. The number of halogens is 1. The Morgan fingerprint density at radius 1 is 0.812 bits per heavy atom. The number of hydrogen-bond donors (Lipinski definition) is 1. The van der Waals surface area contributed by atoms with Crippen LogP contribution in [0.2, 0.25) is 0 Å². The minimum atomic E-state index is 0. The highest BCUT2D eigenvalue weighted by atomic mass is 35.5. The Bertz CT molecular complexity index is 462. The molecule has 0 saturated heterocycles. The zero-order valence-corrected chi connectivity index (χ0v) is 9.41. The van der Waals surface area contributed by atoms with Crippen LogP contribution in [0.3, 0.4) is 0 Å². The summed E-state index contributed by atoms with van der Waals surface area (Å²) in [6.45, 7) is 0. The fraction of sp³-hybridized carbons (Fsp3) is 0. The fourth-order valence-corrected chi connectivity index (χ4v) is 1.43.